The van der Waals surface area contributed by atoms with Gasteiger partial charge in [0.1, 0.15) is 5.75 Å². The number of anilines is 1. The van der Waals surface area contributed by atoms with E-state index in [9.17, 15) is 9.59 Å². The van der Waals surface area contributed by atoms with Gasteiger partial charge < -0.3 is 15.4 Å². The Morgan fingerprint density at radius 2 is 2.11 bits per heavy atom. The van der Waals surface area contributed by atoms with Gasteiger partial charge in [0.2, 0.25) is 5.91 Å². The first-order valence-corrected chi connectivity index (χ1v) is 6.21. The fraction of sp³-hybridized carbons (Fsp3) is 0.429. The standard InChI is InChI=1S/C14H18N2O3/c1-9-4-5-11-10(8-9)16(7-6-12(15)17)13(18)14(2,3)19-11/h4-5,8H,6-7H2,1-3H3,(H2,15,17). The van der Waals surface area contributed by atoms with Crippen LogP contribution in [0.15, 0.2) is 18.2 Å². The van der Waals surface area contributed by atoms with E-state index in [4.69, 9.17) is 10.5 Å². The molecule has 0 aromatic heterocycles. The van der Waals surface area contributed by atoms with Crippen LogP contribution in [0.4, 0.5) is 5.69 Å². The zero-order valence-electron chi connectivity index (χ0n) is 11.4. The molecule has 102 valence electrons. The topological polar surface area (TPSA) is 72.6 Å². The first-order valence-electron chi connectivity index (χ1n) is 6.21. The van der Waals surface area contributed by atoms with Gasteiger partial charge in [0, 0.05) is 13.0 Å². The van der Waals surface area contributed by atoms with Crippen LogP contribution >= 0.6 is 0 Å². The number of carbonyl (C=O) groups excluding carboxylic acids is 2. The Morgan fingerprint density at radius 1 is 1.42 bits per heavy atom. The van der Waals surface area contributed by atoms with E-state index in [1.807, 2.05) is 25.1 Å². The van der Waals surface area contributed by atoms with Gasteiger partial charge in [-0.2, -0.15) is 0 Å². The second-order valence-electron chi connectivity index (χ2n) is 5.26. The third-order valence-electron chi connectivity index (χ3n) is 3.11. The molecule has 5 nitrogen and oxygen atoms in total. The Morgan fingerprint density at radius 3 is 2.74 bits per heavy atom. The number of hydrogen-bond acceptors (Lipinski definition) is 3. The maximum atomic E-state index is 12.4. The Labute approximate surface area is 112 Å². The lowest BCUT2D eigenvalue weighted by Crippen LogP contribution is -2.53. The summed E-state index contributed by atoms with van der Waals surface area (Å²) in [5.74, 6) is 0.0674. The lowest BCUT2D eigenvalue weighted by atomic mass is 10.0. The molecule has 2 N–H and O–H groups in total. The summed E-state index contributed by atoms with van der Waals surface area (Å²) < 4.78 is 5.72. The van der Waals surface area contributed by atoms with Crippen LogP contribution < -0.4 is 15.4 Å². The summed E-state index contributed by atoms with van der Waals surface area (Å²) in [6.07, 6.45) is 0.134. The van der Waals surface area contributed by atoms with Crippen molar-refractivity contribution >= 4 is 17.5 Å². The van der Waals surface area contributed by atoms with E-state index in [0.717, 1.165) is 5.56 Å². The predicted molar refractivity (Wildman–Crippen MR) is 72.1 cm³/mol. The van der Waals surface area contributed by atoms with Crippen LogP contribution in [0.3, 0.4) is 0 Å². The lowest BCUT2D eigenvalue weighted by molar-refractivity contribution is -0.132. The molecule has 19 heavy (non-hydrogen) atoms. The zero-order chi connectivity index (χ0) is 14.2. The number of primary amides is 1. The average molecular weight is 262 g/mol. The van der Waals surface area contributed by atoms with Crippen molar-refractivity contribution in [2.75, 3.05) is 11.4 Å². The number of fused-ring (bicyclic) bond motifs is 1. The van der Waals surface area contributed by atoms with Crippen molar-refractivity contribution in [2.45, 2.75) is 32.8 Å². The normalized spacial score (nSPS) is 16.8. The Kier molecular flexibility index (Phi) is 3.22. The quantitative estimate of drug-likeness (QED) is 0.894. The molecule has 0 saturated heterocycles. The molecule has 2 amide bonds. The van der Waals surface area contributed by atoms with Crippen molar-refractivity contribution < 1.29 is 14.3 Å². The summed E-state index contributed by atoms with van der Waals surface area (Å²) in [5.41, 5.74) is 5.96. The molecule has 1 heterocycles. The fourth-order valence-corrected chi connectivity index (χ4v) is 2.12. The molecule has 0 fully saturated rings. The predicted octanol–water partition coefficient (Wildman–Crippen LogP) is 1.37. The van der Waals surface area contributed by atoms with E-state index in [1.54, 1.807) is 18.7 Å². The molecule has 0 aliphatic carbocycles. The minimum atomic E-state index is -0.931. The molecule has 1 aliphatic rings. The first-order chi connectivity index (χ1) is 8.81. The number of aryl methyl sites for hydroxylation is 1. The van der Waals surface area contributed by atoms with Crippen molar-refractivity contribution in [3.05, 3.63) is 23.8 Å². The van der Waals surface area contributed by atoms with Crippen molar-refractivity contribution in [1.29, 1.82) is 0 Å². The Bertz CT molecular complexity index is 537. The van der Waals surface area contributed by atoms with Gasteiger partial charge in [-0.3, -0.25) is 9.59 Å². The molecule has 0 unspecified atom stereocenters. The molecule has 2 rings (SSSR count). The van der Waals surface area contributed by atoms with E-state index in [2.05, 4.69) is 0 Å². The number of nitrogens with two attached hydrogens (primary N) is 1. The minimum absolute atomic E-state index is 0.134. The minimum Gasteiger partial charge on any atom is -0.476 e. The SMILES string of the molecule is Cc1ccc2c(c1)N(CCC(N)=O)C(=O)C(C)(C)O2. The Balaban J connectivity index is 2.41. The number of rotatable bonds is 3. The van der Waals surface area contributed by atoms with Crippen molar-refractivity contribution in [1.82, 2.24) is 0 Å². The summed E-state index contributed by atoms with van der Waals surface area (Å²) in [6, 6.07) is 5.65. The number of carbonyl (C=O) groups is 2. The molecule has 1 aromatic carbocycles. The molecule has 5 heteroatoms. The van der Waals surface area contributed by atoms with Crippen LogP contribution in [0.2, 0.25) is 0 Å². The summed E-state index contributed by atoms with van der Waals surface area (Å²) >= 11 is 0. The third kappa shape index (κ3) is 2.54. The summed E-state index contributed by atoms with van der Waals surface area (Å²) in [6.45, 7) is 5.65. The van der Waals surface area contributed by atoms with Gasteiger partial charge in [0.15, 0.2) is 5.60 Å². The smallest absolute Gasteiger partial charge is 0.270 e. The van der Waals surface area contributed by atoms with Crippen LogP contribution in [0.25, 0.3) is 0 Å². The average Bonchev–Trinajstić information content (AvgIpc) is 2.30. The third-order valence-corrected chi connectivity index (χ3v) is 3.11. The van der Waals surface area contributed by atoms with Crippen LogP contribution in [0.1, 0.15) is 25.8 Å². The monoisotopic (exact) mass is 262 g/mol. The van der Waals surface area contributed by atoms with Crippen LogP contribution in [0, 0.1) is 6.92 Å². The van der Waals surface area contributed by atoms with Crippen molar-refractivity contribution in [3.8, 4) is 5.75 Å². The number of hydrogen-bond donors (Lipinski definition) is 1. The second-order valence-corrected chi connectivity index (χ2v) is 5.26. The molecule has 1 aliphatic heterocycles. The maximum absolute atomic E-state index is 12.4. The number of benzene rings is 1. The van der Waals surface area contributed by atoms with E-state index < -0.39 is 11.5 Å². The molecule has 0 spiro atoms. The molecule has 0 saturated carbocycles. The Hall–Kier alpha value is -2.04. The fourth-order valence-electron chi connectivity index (χ4n) is 2.12. The van der Waals surface area contributed by atoms with E-state index in [0.29, 0.717) is 11.4 Å². The highest BCUT2D eigenvalue weighted by Gasteiger charge is 2.40. The van der Waals surface area contributed by atoms with Gasteiger partial charge in [0.25, 0.3) is 5.91 Å². The molecule has 0 radical (unpaired) electrons. The van der Waals surface area contributed by atoms with Crippen LogP contribution in [-0.2, 0) is 9.59 Å². The number of ether oxygens (including phenoxy) is 1. The summed E-state index contributed by atoms with van der Waals surface area (Å²) in [7, 11) is 0. The van der Waals surface area contributed by atoms with Gasteiger partial charge in [-0.25, -0.2) is 0 Å². The van der Waals surface area contributed by atoms with Gasteiger partial charge in [-0.1, -0.05) is 6.07 Å². The molecule has 0 bridgehead atoms. The highest BCUT2D eigenvalue weighted by atomic mass is 16.5. The van der Waals surface area contributed by atoms with Crippen molar-refractivity contribution in [3.63, 3.8) is 0 Å². The van der Waals surface area contributed by atoms with Crippen molar-refractivity contribution in [2.24, 2.45) is 5.73 Å². The maximum Gasteiger partial charge on any atom is 0.270 e. The van der Waals surface area contributed by atoms with Crippen LogP contribution in [0.5, 0.6) is 5.75 Å². The molecule has 0 atom stereocenters. The van der Waals surface area contributed by atoms with Crippen LogP contribution in [-0.4, -0.2) is 24.0 Å². The second kappa shape index (κ2) is 4.57. The molecular weight excluding hydrogens is 244 g/mol. The van der Waals surface area contributed by atoms with E-state index >= 15 is 0 Å². The lowest BCUT2D eigenvalue weighted by Gasteiger charge is -2.38. The van der Waals surface area contributed by atoms with E-state index in [-0.39, 0.29) is 18.9 Å². The number of amides is 2. The molecule has 1 aromatic rings. The van der Waals surface area contributed by atoms with Gasteiger partial charge >= 0.3 is 0 Å². The largest absolute Gasteiger partial charge is 0.476 e. The van der Waals surface area contributed by atoms with Gasteiger partial charge in [0.05, 0.1) is 5.69 Å². The number of nitrogens with zero attached hydrogens (tertiary/aromatic N) is 1. The van der Waals surface area contributed by atoms with Gasteiger partial charge in [-0.05, 0) is 38.5 Å². The van der Waals surface area contributed by atoms with Gasteiger partial charge in [-0.15, -0.1) is 0 Å². The summed E-state index contributed by atoms with van der Waals surface area (Å²) in [5, 5.41) is 0. The summed E-state index contributed by atoms with van der Waals surface area (Å²) in [4.78, 5) is 24.9. The zero-order valence-corrected chi connectivity index (χ0v) is 11.4. The first kappa shape index (κ1) is 13.4. The highest BCUT2D eigenvalue weighted by molar-refractivity contribution is 6.02. The highest BCUT2D eigenvalue weighted by Crippen LogP contribution is 2.38. The molecular formula is C14H18N2O3. The van der Waals surface area contributed by atoms with E-state index in [1.165, 1.54) is 0 Å².